The van der Waals surface area contributed by atoms with E-state index in [9.17, 15) is 14.5 Å². The molecule has 0 aliphatic heterocycles. The molecule has 0 aliphatic rings. The van der Waals surface area contributed by atoms with Crippen LogP contribution < -0.4 is 0 Å². The first kappa shape index (κ1) is 14.8. The minimum Gasteiger partial charge on any atom is -0.258 e. The molecule has 0 radical (unpaired) electrons. The van der Waals surface area contributed by atoms with Crippen molar-refractivity contribution in [2.45, 2.75) is 11.8 Å². The smallest absolute Gasteiger partial charge is 0.258 e. The summed E-state index contributed by atoms with van der Waals surface area (Å²) in [6, 6.07) is 10.5. The van der Waals surface area contributed by atoms with Crippen molar-refractivity contribution in [2.24, 2.45) is 0 Å². The van der Waals surface area contributed by atoms with E-state index in [1.165, 1.54) is 24.3 Å². The molecular formula is C14H10Cl2FNO2. The molecule has 2 aromatic rings. The fourth-order valence-electron chi connectivity index (χ4n) is 1.92. The molecule has 20 heavy (non-hydrogen) atoms. The van der Waals surface area contributed by atoms with Crippen LogP contribution >= 0.6 is 23.2 Å². The van der Waals surface area contributed by atoms with Crippen molar-refractivity contribution < 1.29 is 9.31 Å². The maximum atomic E-state index is 13.8. The van der Waals surface area contributed by atoms with Crippen LogP contribution in [0.3, 0.4) is 0 Å². The number of nitro benzene ring substituents is 1. The number of nitro groups is 1. The Bertz CT molecular complexity index is 649. The fraction of sp³-hybridized carbons (Fsp3) is 0.143. The molecule has 0 bridgehead atoms. The maximum Gasteiger partial charge on any atom is 0.272 e. The van der Waals surface area contributed by atoms with Crippen LogP contribution in [0.15, 0.2) is 42.5 Å². The van der Waals surface area contributed by atoms with E-state index in [4.69, 9.17) is 23.2 Å². The Morgan fingerprint density at radius 2 is 1.95 bits per heavy atom. The minimum atomic E-state index is -0.701. The van der Waals surface area contributed by atoms with Crippen molar-refractivity contribution in [1.29, 1.82) is 0 Å². The molecule has 0 heterocycles. The lowest BCUT2D eigenvalue weighted by Crippen LogP contribution is -2.02. The van der Waals surface area contributed by atoms with E-state index in [-0.39, 0.29) is 22.7 Å². The van der Waals surface area contributed by atoms with Crippen LogP contribution in [0.4, 0.5) is 10.1 Å². The van der Waals surface area contributed by atoms with Gasteiger partial charge in [-0.3, -0.25) is 10.1 Å². The van der Waals surface area contributed by atoms with Crippen LogP contribution in [-0.4, -0.2) is 4.92 Å². The summed E-state index contributed by atoms with van der Waals surface area (Å²) < 4.78 is 13.8. The molecule has 3 nitrogen and oxygen atoms in total. The van der Waals surface area contributed by atoms with Gasteiger partial charge in [-0.25, -0.2) is 4.39 Å². The van der Waals surface area contributed by atoms with Gasteiger partial charge in [-0.15, -0.1) is 11.6 Å². The summed E-state index contributed by atoms with van der Waals surface area (Å²) in [6.07, 6.45) is 0.164. The predicted octanol–water partition coefficient (Wildman–Crippen LogP) is 4.91. The van der Waals surface area contributed by atoms with E-state index in [1.54, 1.807) is 18.2 Å². The summed E-state index contributed by atoms with van der Waals surface area (Å²) in [7, 11) is 0. The Morgan fingerprint density at radius 1 is 1.25 bits per heavy atom. The molecule has 2 rings (SSSR count). The number of rotatable bonds is 4. The van der Waals surface area contributed by atoms with Crippen molar-refractivity contribution in [2.75, 3.05) is 0 Å². The third kappa shape index (κ3) is 3.26. The van der Waals surface area contributed by atoms with Crippen molar-refractivity contribution in [1.82, 2.24) is 0 Å². The average Bonchev–Trinajstić information content (AvgIpc) is 2.38. The van der Waals surface area contributed by atoms with Gasteiger partial charge in [0.05, 0.1) is 10.3 Å². The molecule has 0 saturated carbocycles. The van der Waals surface area contributed by atoms with Crippen LogP contribution in [0, 0.1) is 15.9 Å². The molecule has 1 atom stereocenters. The van der Waals surface area contributed by atoms with Gasteiger partial charge in [0, 0.05) is 22.2 Å². The van der Waals surface area contributed by atoms with E-state index >= 15 is 0 Å². The molecule has 0 aromatic heterocycles. The third-order valence-electron chi connectivity index (χ3n) is 2.89. The lowest BCUT2D eigenvalue weighted by Gasteiger charge is -2.11. The molecule has 0 aliphatic carbocycles. The van der Waals surface area contributed by atoms with Crippen molar-refractivity contribution in [3.63, 3.8) is 0 Å². The van der Waals surface area contributed by atoms with Crippen LogP contribution in [0.1, 0.15) is 16.5 Å². The second-order valence-electron chi connectivity index (χ2n) is 4.22. The SMILES string of the molecule is O=[N+]([O-])c1ccccc1CC(Cl)c1ccc(Cl)cc1F. The number of benzene rings is 2. The van der Waals surface area contributed by atoms with E-state index in [0.29, 0.717) is 5.56 Å². The zero-order chi connectivity index (χ0) is 14.7. The molecule has 6 heteroatoms. The largest absolute Gasteiger partial charge is 0.272 e. The van der Waals surface area contributed by atoms with Crippen molar-refractivity contribution in [3.8, 4) is 0 Å². The first-order valence-corrected chi connectivity index (χ1v) is 6.62. The maximum absolute atomic E-state index is 13.8. The molecule has 0 N–H and O–H groups in total. The number of para-hydroxylation sites is 1. The Morgan fingerprint density at radius 3 is 2.60 bits per heavy atom. The quantitative estimate of drug-likeness (QED) is 0.457. The van der Waals surface area contributed by atoms with Gasteiger partial charge in [0.25, 0.3) is 5.69 Å². The van der Waals surface area contributed by atoms with Gasteiger partial charge in [0.1, 0.15) is 5.82 Å². The van der Waals surface area contributed by atoms with Gasteiger partial charge >= 0.3 is 0 Å². The zero-order valence-corrected chi connectivity index (χ0v) is 11.7. The molecule has 0 amide bonds. The van der Waals surface area contributed by atoms with E-state index in [0.717, 1.165) is 0 Å². The summed E-state index contributed by atoms with van der Waals surface area (Å²) in [6.45, 7) is 0. The highest BCUT2D eigenvalue weighted by Gasteiger charge is 2.19. The third-order valence-corrected chi connectivity index (χ3v) is 3.51. The number of alkyl halides is 1. The highest BCUT2D eigenvalue weighted by Crippen LogP contribution is 2.31. The monoisotopic (exact) mass is 313 g/mol. The van der Waals surface area contributed by atoms with Crippen molar-refractivity contribution in [3.05, 3.63) is 74.5 Å². The highest BCUT2D eigenvalue weighted by atomic mass is 35.5. The Balaban J connectivity index is 2.28. The summed E-state index contributed by atoms with van der Waals surface area (Å²) in [5.41, 5.74) is 0.716. The molecule has 0 saturated heterocycles. The van der Waals surface area contributed by atoms with Crippen LogP contribution in [-0.2, 0) is 6.42 Å². The van der Waals surface area contributed by atoms with Crippen LogP contribution in [0.5, 0.6) is 0 Å². The topological polar surface area (TPSA) is 43.1 Å². The van der Waals surface area contributed by atoms with Gasteiger partial charge in [-0.2, -0.15) is 0 Å². The summed E-state index contributed by atoms with van der Waals surface area (Å²) in [5, 5.41) is 10.5. The van der Waals surface area contributed by atoms with Gasteiger partial charge < -0.3 is 0 Å². The number of nitrogens with zero attached hydrogens (tertiary/aromatic N) is 1. The van der Waals surface area contributed by atoms with Gasteiger partial charge in [0.15, 0.2) is 0 Å². The standard InChI is InChI=1S/C14H10Cl2FNO2/c15-10-5-6-11(13(17)8-10)12(16)7-9-3-1-2-4-14(9)18(19)20/h1-6,8,12H,7H2. The minimum absolute atomic E-state index is 0.0208. The van der Waals surface area contributed by atoms with E-state index < -0.39 is 16.1 Å². The number of hydrogen-bond acceptors (Lipinski definition) is 2. The first-order valence-electron chi connectivity index (χ1n) is 5.80. The number of hydrogen-bond donors (Lipinski definition) is 0. The molecule has 2 aromatic carbocycles. The van der Waals surface area contributed by atoms with E-state index in [1.807, 2.05) is 0 Å². The Kier molecular flexibility index (Phi) is 4.57. The van der Waals surface area contributed by atoms with Gasteiger partial charge in [-0.05, 0) is 18.6 Å². The number of halogens is 3. The Labute approximate surface area is 125 Å². The first-order chi connectivity index (χ1) is 9.49. The molecule has 1 unspecified atom stereocenters. The fourth-order valence-corrected chi connectivity index (χ4v) is 2.42. The predicted molar refractivity (Wildman–Crippen MR) is 76.8 cm³/mol. The summed E-state index contributed by atoms with van der Waals surface area (Å²) >= 11 is 11.8. The van der Waals surface area contributed by atoms with Crippen LogP contribution in [0.2, 0.25) is 5.02 Å². The van der Waals surface area contributed by atoms with E-state index in [2.05, 4.69) is 0 Å². The second-order valence-corrected chi connectivity index (χ2v) is 5.19. The Hall–Kier alpha value is -1.65. The molecule has 104 valence electrons. The average molecular weight is 314 g/mol. The normalized spacial score (nSPS) is 12.2. The molecule has 0 fully saturated rings. The lowest BCUT2D eigenvalue weighted by molar-refractivity contribution is -0.385. The summed E-state index contributed by atoms with van der Waals surface area (Å²) in [4.78, 5) is 10.4. The second kappa shape index (κ2) is 6.20. The van der Waals surface area contributed by atoms with Gasteiger partial charge in [-0.1, -0.05) is 35.9 Å². The van der Waals surface area contributed by atoms with Crippen molar-refractivity contribution >= 4 is 28.9 Å². The van der Waals surface area contributed by atoms with Crippen LogP contribution in [0.25, 0.3) is 0 Å². The van der Waals surface area contributed by atoms with Gasteiger partial charge in [0.2, 0.25) is 0 Å². The molecule has 0 spiro atoms. The highest BCUT2D eigenvalue weighted by molar-refractivity contribution is 6.30. The summed E-state index contributed by atoms with van der Waals surface area (Å²) in [5.74, 6) is -0.518. The lowest BCUT2D eigenvalue weighted by atomic mass is 10.0. The zero-order valence-electron chi connectivity index (χ0n) is 10.2. The molecular weight excluding hydrogens is 304 g/mol.